The van der Waals surface area contributed by atoms with Crippen LogP contribution in [0.15, 0.2) is 23.1 Å². The van der Waals surface area contributed by atoms with E-state index in [9.17, 15) is 8.42 Å². The molecule has 0 unspecified atom stereocenters. The molecule has 0 saturated heterocycles. The van der Waals surface area contributed by atoms with Gasteiger partial charge in [0.1, 0.15) is 0 Å². The molecule has 19 heavy (non-hydrogen) atoms. The first-order valence-corrected chi connectivity index (χ1v) is 7.88. The molecule has 1 aromatic carbocycles. The van der Waals surface area contributed by atoms with Crippen LogP contribution in [0.3, 0.4) is 0 Å². The van der Waals surface area contributed by atoms with Crippen LogP contribution in [0.5, 0.6) is 0 Å². The highest BCUT2D eigenvalue weighted by Crippen LogP contribution is 2.22. The number of rotatable bonds is 5. The second kappa shape index (κ2) is 5.98. The standard InChI is InChI=1S/C13H20N2O2S2/c1-9(2)15(8-13(14)18)19(16,17)12-6-5-10(3)7-11(12)4/h5-7,9H,8H2,1-4H3,(H2,14,18). The van der Waals surface area contributed by atoms with Crippen molar-refractivity contribution in [2.45, 2.75) is 38.6 Å². The molecule has 4 nitrogen and oxygen atoms in total. The van der Waals surface area contributed by atoms with Crippen LogP contribution in [0.1, 0.15) is 25.0 Å². The normalized spacial score (nSPS) is 12.1. The molecular formula is C13H20N2O2S2. The summed E-state index contributed by atoms with van der Waals surface area (Å²) < 4.78 is 26.6. The van der Waals surface area contributed by atoms with Crippen molar-refractivity contribution >= 4 is 27.2 Å². The summed E-state index contributed by atoms with van der Waals surface area (Å²) in [5.41, 5.74) is 7.25. The Kier molecular flexibility index (Phi) is 5.06. The SMILES string of the molecule is Cc1ccc(S(=O)(=O)N(CC(N)=S)C(C)C)c(C)c1. The number of nitrogens with zero attached hydrogens (tertiary/aromatic N) is 1. The van der Waals surface area contributed by atoms with Gasteiger partial charge in [-0.05, 0) is 39.3 Å². The minimum absolute atomic E-state index is 0.0582. The Hall–Kier alpha value is -0.980. The van der Waals surface area contributed by atoms with Gasteiger partial charge in [0, 0.05) is 6.04 Å². The summed E-state index contributed by atoms with van der Waals surface area (Å²) in [6, 6.07) is 5.08. The molecule has 0 heterocycles. The van der Waals surface area contributed by atoms with Crippen LogP contribution < -0.4 is 5.73 Å². The zero-order chi connectivity index (χ0) is 14.8. The highest BCUT2D eigenvalue weighted by molar-refractivity contribution is 7.89. The third-order valence-corrected chi connectivity index (χ3v) is 5.12. The van der Waals surface area contributed by atoms with Crippen molar-refractivity contribution in [3.8, 4) is 0 Å². The maximum atomic E-state index is 12.7. The molecule has 0 aliphatic carbocycles. The van der Waals surface area contributed by atoms with Gasteiger partial charge in [0.2, 0.25) is 10.0 Å². The predicted octanol–water partition coefficient (Wildman–Crippen LogP) is 1.99. The van der Waals surface area contributed by atoms with Gasteiger partial charge in [-0.3, -0.25) is 0 Å². The number of sulfonamides is 1. The third-order valence-electron chi connectivity index (χ3n) is 2.80. The third kappa shape index (κ3) is 3.75. The molecule has 0 radical (unpaired) electrons. The van der Waals surface area contributed by atoms with Crippen molar-refractivity contribution in [1.82, 2.24) is 4.31 Å². The molecule has 0 fully saturated rings. The predicted molar refractivity (Wildman–Crippen MR) is 81.7 cm³/mol. The van der Waals surface area contributed by atoms with Crippen molar-refractivity contribution in [2.24, 2.45) is 5.73 Å². The van der Waals surface area contributed by atoms with Crippen molar-refractivity contribution in [1.29, 1.82) is 0 Å². The van der Waals surface area contributed by atoms with E-state index in [1.54, 1.807) is 32.9 Å². The largest absolute Gasteiger partial charge is 0.392 e. The molecule has 2 N–H and O–H groups in total. The molecule has 0 amide bonds. The summed E-state index contributed by atoms with van der Waals surface area (Å²) in [7, 11) is -3.58. The van der Waals surface area contributed by atoms with Gasteiger partial charge in [-0.1, -0.05) is 29.9 Å². The average molecular weight is 300 g/mol. The lowest BCUT2D eigenvalue weighted by Gasteiger charge is -2.26. The van der Waals surface area contributed by atoms with E-state index in [1.165, 1.54) is 4.31 Å². The Labute approximate surface area is 120 Å². The lowest BCUT2D eigenvalue weighted by Crippen LogP contribution is -2.42. The van der Waals surface area contributed by atoms with Crippen molar-refractivity contribution < 1.29 is 8.42 Å². The molecule has 1 rings (SSSR count). The monoisotopic (exact) mass is 300 g/mol. The Morgan fingerprint density at radius 3 is 2.37 bits per heavy atom. The molecule has 6 heteroatoms. The highest BCUT2D eigenvalue weighted by Gasteiger charge is 2.28. The van der Waals surface area contributed by atoms with Gasteiger partial charge >= 0.3 is 0 Å². The van der Waals surface area contributed by atoms with Gasteiger partial charge in [-0.15, -0.1) is 0 Å². The molecule has 0 bridgehead atoms. The molecule has 0 atom stereocenters. The smallest absolute Gasteiger partial charge is 0.243 e. The molecule has 106 valence electrons. The molecule has 1 aromatic rings. The fourth-order valence-corrected chi connectivity index (χ4v) is 3.96. The summed E-state index contributed by atoms with van der Waals surface area (Å²) in [6.07, 6.45) is 0. The van der Waals surface area contributed by atoms with Gasteiger partial charge in [0.25, 0.3) is 0 Å². The van der Waals surface area contributed by atoms with Gasteiger partial charge in [-0.2, -0.15) is 4.31 Å². The zero-order valence-corrected chi connectivity index (χ0v) is 13.3. The second-order valence-corrected chi connectivity index (χ2v) is 7.26. The van der Waals surface area contributed by atoms with Gasteiger partial charge < -0.3 is 5.73 Å². The number of thiocarbonyl (C=S) groups is 1. The fourth-order valence-electron chi connectivity index (χ4n) is 1.91. The average Bonchev–Trinajstić information content (AvgIpc) is 2.24. The number of hydrogen-bond donors (Lipinski definition) is 1. The van der Waals surface area contributed by atoms with E-state index in [2.05, 4.69) is 0 Å². The van der Waals surface area contributed by atoms with Crippen LogP contribution in [0.25, 0.3) is 0 Å². The molecule has 0 spiro atoms. The number of benzene rings is 1. The molecule has 0 aromatic heterocycles. The maximum absolute atomic E-state index is 12.7. The van der Waals surface area contributed by atoms with E-state index in [-0.39, 0.29) is 17.6 Å². The van der Waals surface area contributed by atoms with Crippen LogP contribution in [-0.4, -0.2) is 30.3 Å². The minimum Gasteiger partial charge on any atom is -0.392 e. The van der Waals surface area contributed by atoms with Gasteiger partial charge in [-0.25, -0.2) is 8.42 Å². The van der Waals surface area contributed by atoms with E-state index >= 15 is 0 Å². The van der Waals surface area contributed by atoms with Crippen molar-refractivity contribution in [2.75, 3.05) is 6.54 Å². The lowest BCUT2D eigenvalue weighted by atomic mass is 10.2. The zero-order valence-electron chi connectivity index (χ0n) is 11.7. The second-order valence-electron chi connectivity index (χ2n) is 4.88. The van der Waals surface area contributed by atoms with Crippen LogP contribution >= 0.6 is 12.2 Å². The Bertz CT molecular complexity index is 580. The summed E-state index contributed by atoms with van der Waals surface area (Å²) >= 11 is 4.84. The number of nitrogens with two attached hydrogens (primary N) is 1. The molecule has 0 aliphatic heterocycles. The first-order chi connectivity index (χ1) is 8.66. The quantitative estimate of drug-likeness (QED) is 0.845. The first-order valence-electron chi connectivity index (χ1n) is 6.03. The van der Waals surface area contributed by atoms with E-state index in [1.807, 2.05) is 13.0 Å². The van der Waals surface area contributed by atoms with Gasteiger partial charge in [0.15, 0.2) is 0 Å². The highest BCUT2D eigenvalue weighted by atomic mass is 32.2. The van der Waals surface area contributed by atoms with E-state index in [0.717, 1.165) is 11.1 Å². The van der Waals surface area contributed by atoms with Crippen LogP contribution in [0.2, 0.25) is 0 Å². The van der Waals surface area contributed by atoms with E-state index in [0.29, 0.717) is 4.90 Å². The fraction of sp³-hybridized carbons (Fsp3) is 0.462. The van der Waals surface area contributed by atoms with Crippen LogP contribution in [0, 0.1) is 13.8 Å². The van der Waals surface area contributed by atoms with Crippen LogP contribution in [0.4, 0.5) is 0 Å². The molecule has 0 saturated carbocycles. The van der Waals surface area contributed by atoms with E-state index < -0.39 is 10.0 Å². The first kappa shape index (κ1) is 16.1. The Morgan fingerprint density at radius 1 is 1.37 bits per heavy atom. The Balaban J connectivity index is 3.30. The van der Waals surface area contributed by atoms with Crippen molar-refractivity contribution in [3.05, 3.63) is 29.3 Å². The Morgan fingerprint density at radius 2 is 1.95 bits per heavy atom. The van der Waals surface area contributed by atoms with Crippen molar-refractivity contribution in [3.63, 3.8) is 0 Å². The maximum Gasteiger partial charge on any atom is 0.243 e. The summed E-state index contributed by atoms with van der Waals surface area (Å²) in [6.45, 7) is 7.39. The number of hydrogen-bond acceptors (Lipinski definition) is 3. The van der Waals surface area contributed by atoms with Crippen LogP contribution in [-0.2, 0) is 10.0 Å². The lowest BCUT2D eigenvalue weighted by molar-refractivity contribution is 0.390. The number of aryl methyl sites for hydroxylation is 2. The summed E-state index contributed by atoms with van der Waals surface area (Å²) in [5, 5.41) is 0. The topological polar surface area (TPSA) is 63.4 Å². The summed E-state index contributed by atoms with van der Waals surface area (Å²) in [4.78, 5) is 0.477. The van der Waals surface area contributed by atoms with Gasteiger partial charge in [0.05, 0.1) is 16.4 Å². The minimum atomic E-state index is -3.58. The van der Waals surface area contributed by atoms with E-state index in [4.69, 9.17) is 18.0 Å². The molecule has 0 aliphatic rings. The molecular weight excluding hydrogens is 280 g/mol. The summed E-state index contributed by atoms with van der Waals surface area (Å²) in [5.74, 6) is 0.